The third kappa shape index (κ3) is 23.7. The van der Waals surface area contributed by atoms with Gasteiger partial charge in [-0.05, 0) is 44.9 Å². The van der Waals surface area contributed by atoms with Crippen molar-refractivity contribution < 1.29 is 9.47 Å². The molecule has 2 nitrogen and oxygen atoms in total. The molecule has 0 spiro atoms. The van der Waals surface area contributed by atoms with Crippen LogP contribution in [-0.2, 0) is 9.47 Å². The van der Waals surface area contributed by atoms with Crippen LogP contribution in [0.25, 0.3) is 0 Å². The highest BCUT2D eigenvalue weighted by molar-refractivity contribution is 5.02. The molecule has 0 atom stereocenters. The van der Waals surface area contributed by atoms with Gasteiger partial charge in [0.25, 0.3) is 0 Å². The fraction of sp³-hybridized carbons (Fsp3) is 0.857. The Kier molecular flexibility index (Phi) is 25.9. The second kappa shape index (κ2) is 26.4. The normalized spacial score (nSPS) is 12.1. The third-order valence-corrected chi connectivity index (χ3v) is 5.52. The SMILES string of the molecule is CCCC/C=C/C=C\CCCCCCCC(OCCCCCC)OCCCCCC. The lowest BCUT2D eigenvalue weighted by atomic mass is 10.1. The van der Waals surface area contributed by atoms with Gasteiger partial charge in [0.2, 0.25) is 0 Å². The Hall–Kier alpha value is -0.600. The molecule has 30 heavy (non-hydrogen) atoms. The monoisotopic (exact) mass is 422 g/mol. The zero-order valence-electron chi connectivity index (χ0n) is 20.8. The summed E-state index contributed by atoms with van der Waals surface area (Å²) in [5.41, 5.74) is 0. The molecule has 0 fully saturated rings. The molecule has 0 aliphatic rings. The quantitative estimate of drug-likeness (QED) is 0.0875. The van der Waals surface area contributed by atoms with Crippen molar-refractivity contribution >= 4 is 0 Å². The van der Waals surface area contributed by atoms with Crippen molar-refractivity contribution in [3.8, 4) is 0 Å². The Balaban J connectivity index is 3.74. The number of hydrogen-bond acceptors (Lipinski definition) is 2. The molecule has 0 aromatic heterocycles. The summed E-state index contributed by atoms with van der Waals surface area (Å²) in [6.07, 6.45) is 31.7. The van der Waals surface area contributed by atoms with E-state index in [-0.39, 0.29) is 6.29 Å². The summed E-state index contributed by atoms with van der Waals surface area (Å²) in [6, 6.07) is 0. The van der Waals surface area contributed by atoms with Gasteiger partial charge in [0.05, 0.1) is 0 Å². The average Bonchev–Trinajstić information content (AvgIpc) is 2.76. The van der Waals surface area contributed by atoms with E-state index in [0.29, 0.717) is 0 Å². The van der Waals surface area contributed by atoms with E-state index in [2.05, 4.69) is 45.1 Å². The van der Waals surface area contributed by atoms with Gasteiger partial charge in [-0.15, -0.1) is 0 Å². The van der Waals surface area contributed by atoms with Crippen LogP contribution in [0.5, 0.6) is 0 Å². The molecule has 0 aliphatic heterocycles. The van der Waals surface area contributed by atoms with Crippen LogP contribution in [0.3, 0.4) is 0 Å². The van der Waals surface area contributed by atoms with Crippen molar-refractivity contribution in [3.63, 3.8) is 0 Å². The van der Waals surface area contributed by atoms with Crippen molar-refractivity contribution in [2.24, 2.45) is 0 Å². The summed E-state index contributed by atoms with van der Waals surface area (Å²) in [6.45, 7) is 8.47. The topological polar surface area (TPSA) is 18.5 Å². The summed E-state index contributed by atoms with van der Waals surface area (Å²) >= 11 is 0. The largest absolute Gasteiger partial charge is 0.353 e. The van der Waals surface area contributed by atoms with Gasteiger partial charge in [-0.2, -0.15) is 0 Å². The van der Waals surface area contributed by atoms with Crippen LogP contribution >= 0.6 is 0 Å². The highest BCUT2D eigenvalue weighted by atomic mass is 16.7. The Bertz CT molecular complexity index is 348. The first-order chi connectivity index (χ1) is 14.8. The van der Waals surface area contributed by atoms with Crippen LogP contribution < -0.4 is 0 Å². The van der Waals surface area contributed by atoms with Crippen LogP contribution in [0.15, 0.2) is 24.3 Å². The van der Waals surface area contributed by atoms with Gasteiger partial charge in [-0.25, -0.2) is 0 Å². The predicted molar refractivity (Wildman–Crippen MR) is 134 cm³/mol. The summed E-state index contributed by atoms with van der Waals surface area (Å²) < 4.78 is 12.1. The van der Waals surface area contributed by atoms with E-state index >= 15 is 0 Å². The molecular formula is C28H54O2. The summed E-state index contributed by atoms with van der Waals surface area (Å²) in [5.74, 6) is 0. The third-order valence-electron chi connectivity index (χ3n) is 5.52. The Morgan fingerprint density at radius 3 is 1.53 bits per heavy atom. The second-order valence-corrected chi connectivity index (χ2v) is 8.64. The molecule has 2 heteroatoms. The standard InChI is InChI=1S/C28H54O2/c1-4-7-10-13-14-15-16-17-18-19-20-21-22-25-28(29-26-23-11-8-5-2)30-27-24-12-9-6-3/h13-16,28H,4-12,17-27H2,1-3H3/b14-13+,16-15-. The van der Waals surface area contributed by atoms with Gasteiger partial charge in [-0.3, -0.25) is 0 Å². The van der Waals surface area contributed by atoms with Gasteiger partial charge in [0.15, 0.2) is 6.29 Å². The number of allylic oxidation sites excluding steroid dienone is 4. The minimum atomic E-state index is 0.0238. The molecule has 0 N–H and O–H groups in total. The zero-order chi connectivity index (χ0) is 22.0. The molecule has 0 heterocycles. The van der Waals surface area contributed by atoms with Crippen molar-refractivity contribution in [1.82, 2.24) is 0 Å². The highest BCUT2D eigenvalue weighted by Gasteiger charge is 2.09. The van der Waals surface area contributed by atoms with Crippen LogP contribution in [0, 0.1) is 0 Å². The maximum Gasteiger partial charge on any atom is 0.157 e. The van der Waals surface area contributed by atoms with E-state index < -0.39 is 0 Å². The molecule has 178 valence electrons. The smallest absolute Gasteiger partial charge is 0.157 e. The number of ether oxygens (including phenoxy) is 2. The molecule has 0 aromatic carbocycles. The van der Waals surface area contributed by atoms with Gasteiger partial charge >= 0.3 is 0 Å². The van der Waals surface area contributed by atoms with E-state index in [1.165, 1.54) is 109 Å². The van der Waals surface area contributed by atoms with Gasteiger partial charge in [0, 0.05) is 13.2 Å². The van der Waals surface area contributed by atoms with Crippen LogP contribution in [0.1, 0.15) is 136 Å². The molecule has 0 unspecified atom stereocenters. The maximum atomic E-state index is 6.06. The van der Waals surface area contributed by atoms with Crippen molar-refractivity contribution in [2.75, 3.05) is 13.2 Å². The van der Waals surface area contributed by atoms with E-state index in [9.17, 15) is 0 Å². The molecule has 0 saturated carbocycles. The zero-order valence-corrected chi connectivity index (χ0v) is 20.8. The fourth-order valence-electron chi connectivity index (χ4n) is 3.48. The molecular weight excluding hydrogens is 368 g/mol. The van der Waals surface area contributed by atoms with E-state index in [1.54, 1.807) is 0 Å². The predicted octanol–water partition coefficient (Wildman–Crippen LogP) is 9.54. The number of rotatable bonds is 24. The minimum absolute atomic E-state index is 0.0238. The van der Waals surface area contributed by atoms with Crippen molar-refractivity contribution in [2.45, 2.75) is 143 Å². The molecule has 0 aromatic rings. The Morgan fingerprint density at radius 2 is 0.967 bits per heavy atom. The summed E-state index contributed by atoms with van der Waals surface area (Å²) in [4.78, 5) is 0. The van der Waals surface area contributed by atoms with Crippen LogP contribution in [-0.4, -0.2) is 19.5 Å². The van der Waals surface area contributed by atoms with Crippen LogP contribution in [0.4, 0.5) is 0 Å². The van der Waals surface area contributed by atoms with Gasteiger partial charge in [0.1, 0.15) is 0 Å². The first kappa shape index (κ1) is 29.4. The van der Waals surface area contributed by atoms with Gasteiger partial charge < -0.3 is 9.47 Å². The lowest BCUT2D eigenvalue weighted by Crippen LogP contribution is -2.19. The van der Waals surface area contributed by atoms with E-state index in [1.807, 2.05) is 0 Å². The maximum absolute atomic E-state index is 6.06. The fourth-order valence-corrected chi connectivity index (χ4v) is 3.48. The Morgan fingerprint density at radius 1 is 0.500 bits per heavy atom. The molecule has 0 saturated heterocycles. The second-order valence-electron chi connectivity index (χ2n) is 8.64. The minimum Gasteiger partial charge on any atom is -0.353 e. The van der Waals surface area contributed by atoms with Crippen molar-refractivity contribution in [3.05, 3.63) is 24.3 Å². The van der Waals surface area contributed by atoms with Crippen LogP contribution in [0.2, 0.25) is 0 Å². The number of unbranched alkanes of at least 4 members (excludes halogenated alkanes) is 13. The average molecular weight is 423 g/mol. The Labute approximate surface area is 189 Å². The lowest BCUT2D eigenvalue weighted by molar-refractivity contribution is -0.148. The van der Waals surface area contributed by atoms with E-state index in [4.69, 9.17) is 9.47 Å². The highest BCUT2D eigenvalue weighted by Crippen LogP contribution is 2.13. The summed E-state index contributed by atoms with van der Waals surface area (Å²) in [5, 5.41) is 0. The molecule has 0 aliphatic carbocycles. The van der Waals surface area contributed by atoms with Gasteiger partial charge in [-0.1, -0.05) is 116 Å². The summed E-state index contributed by atoms with van der Waals surface area (Å²) in [7, 11) is 0. The molecule has 0 bridgehead atoms. The molecule has 0 amide bonds. The number of hydrogen-bond donors (Lipinski definition) is 0. The lowest BCUT2D eigenvalue weighted by Gasteiger charge is -2.19. The van der Waals surface area contributed by atoms with E-state index in [0.717, 1.165) is 19.6 Å². The first-order valence-corrected chi connectivity index (χ1v) is 13.4. The molecule has 0 rings (SSSR count). The first-order valence-electron chi connectivity index (χ1n) is 13.4. The van der Waals surface area contributed by atoms with Crippen molar-refractivity contribution in [1.29, 1.82) is 0 Å². The molecule has 0 radical (unpaired) electrons.